The number of nitriles is 1. The van der Waals surface area contributed by atoms with Crippen molar-refractivity contribution in [3.63, 3.8) is 0 Å². The summed E-state index contributed by atoms with van der Waals surface area (Å²) in [7, 11) is 0. The van der Waals surface area contributed by atoms with Gasteiger partial charge < -0.3 is 9.80 Å². The van der Waals surface area contributed by atoms with E-state index in [9.17, 15) is 5.26 Å². The Labute approximate surface area is 169 Å². The average Bonchev–Trinajstić information content (AvgIpc) is 3.04. The van der Waals surface area contributed by atoms with E-state index >= 15 is 0 Å². The van der Waals surface area contributed by atoms with E-state index in [1.807, 2.05) is 0 Å². The van der Waals surface area contributed by atoms with Crippen LogP contribution in [0.3, 0.4) is 0 Å². The number of nitrogens with zero attached hydrogens (tertiary/aromatic N) is 6. The van der Waals surface area contributed by atoms with Gasteiger partial charge in [0.15, 0.2) is 0 Å². The van der Waals surface area contributed by atoms with Crippen molar-refractivity contribution in [2.45, 2.75) is 33.6 Å². The molecule has 3 heterocycles. The van der Waals surface area contributed by atoms with Crippen LogP contribution in [-0.4, -0.2) is 40.5 Å². The maximum Gasteiger partial charge on any atom is 0.205 e. The maximum absolute atomic E-state index is 9.73. The Morgan fingerprint density at radius 2 is 1.93 bits per heavy atom. The van der Waals surface area contributed by atoms with Crippen molar-refractivity contribution in [3.05, 3.63) is 40.8 Å². The maximum atomic E-state index is 9.73. The van der Waals surface area contributed by atoms with Gasteiger partial charge in [-0.25, -0.2) is 4.98 Å². The van der Waals surface area contributed by atoms with Crippen LogP contribution in [0.2, 0.25) is 0 Å². The van der Waals surface area contributed by atoms with Crippen molar-refractivity contribution in [2.75, 3.05) is 36.0 Å². The standard InChI is InChI=1S/C21H24N6S/c1-4-18-24-21(28-25-18)27-7-5-6-26(8-9-27)20-16(12-22)13-23-19-15(3)10-14(2)11-17(19)20/h10-11,13H,4-9H2,1-3H3. The highest BCUT2D eigenvalue weighted by Gasteiger charge is 2.22. The number of fused-ring (bicyclic) bond motifs is 1. The lowest BCUT2D eigenvalue weighted by atomic mass is 10.0. The van der Waals surface area contributed by atoms with Gasteiger partial charge in [-0.3, -0.25) is 4.98 Å². The SMILES string of the molecule is CCc1nsc(N2CCCN(c3c(C#N)cnc4c(C)cc(C)cc34)CC2)n1. The Hall–Kier alpha value is -2.72. The highest BCUT2D eigenvalue weighted by Crippen LogP contribution is 2.33. The molecular weight excluding hydrogens is 368 g/mol. The van der Waals surface area contributed by atoms with E-state index in [1.165, 1.54) is 17.1 Å². The topological polar surface area (TPSA) is 68.9 Å². The molecule has 0 N–H and O–H groups in total. The molecule has 0 saturated carbocycles. The molecule has 0 bridgehead atoms. The van der Waals surface area contributed by atoms with Crippen molar-refractivity contribution < 1.29 is 0 Å². The molecule has 7 heteroatoms. The van der Waals surface area contributed by atoms with Gasteiger partial charge in [-0.05, 0) is 31.9 Å². The molecule has 4 rings (SSSR count). The third-order valence-corrected chi connectivity index (χ3v) is 6.07. The molecule has 0 aliphatic carbocycles. The highest BCUT2D eigenvalue weighted by molar-refractivity contribution is 7.09. The van der Waals surface area contributed by atoms with Crippen LogP contribution in [0.15, 0.2) is 18.3 Å². The van der Waals surface area contributed by atoms with Gasteiger partial charge in [0.2, 0.25) is 5.13 Å². The number of aryl methyl sites for hydroxylation is 3. The molecule has 0 unspecified atom stereocenters. The Kier molecular flexibility index (Phi) is 5.14. The molecule has 0 amide bonds. The lowest BCUT2D eigenvalue weighted by Crippen LogP contribution is -2.31. The van der Waals surface area contributed by atoms with Crippen LogP contribution in [0.1, 0.15) is 35.9 Å². The van der Waals surface area contributed by atoms with E-state index in [0.717, 1.165) is 72.1 Å². The number of hydrogen-bond acceptors (Lipinski definition) is 7. The van der Waals surface area contributed by atoms with Crippen LogP contribution in [-0.2, 0) is 6.42 Å². The van der Waals surface area contributed by atoms with Crippen molar-refractivity contribution in [1.29, 1.82) is 5.26 Å². The Balaban J connectivity index is 1.69. The van der Waals surface area contributed by atoms with E-state index in [1.54, 1.807) is 6.20 Å². The molecule has 0 radical (unpaired) electrons. The molecule has 2 aromatic heterocycles. The lowest BCUT2D eigenvalue weighted by Gasteiger charge is -2.26. The number of anilines is 2. The number of aromatic nitrogens is 3. The minimum absolute atomic E-state index is 0.648. The molecule has 3 aromatic rings. The summed E-state index contributed by atoms with van der Waals surface area (Å²) in [6.45, 7) is 9.86. The largest absolute Gasteiger partial charge is 0.368 e. The van der Waals surface area contributed by atoms with E-state index in [2.05, 4.69) is 63.1 Å². The summed E-state index contributed by atoms with van der Waals surface area (Å²) in [5, 5.41) is 11.8. The quantitative estimate of drug-likeness (QED) is 0.674. The van der Waals surface area contributed by atoms with E-state index in [0.29, 0.717) is 5.56 Å². The average molecular weight is 393 g/mol. The molecule has 1 saturated heterocycles. The second-order valence-electron chi connectivity index (χ2n) is 7.28. The number of benzene rings is 1. The Morgan fingerprint density at radius 3 is 2.68 bits per heavy atom. The van der Waals surface area contributed by atoms with E-state index < -0.39 is 0 Å². The van der Waals surface area contributed by atoms with Crippen LogP contribution in [0.5, 0.6) is 0 Å². The molecule has 0 spiro atoms. The smallest absolute Gasteiger partial charge is 0.205 e. The van der Waals surface area contributed by atoms with Crippen molar-refractivity contribution in [3.8, 4) is 6.07 Å². The molecule has 6 nitrogen and oxygen atoms in total. The first-order valence-corrected chi connectivity index (χ1v) is 10.5. The first kappa shape index (κ1) is 18.6. The van der Waals surface area contributed by atoms with Crippen LogP contribution in [0, 0.1) is 25.2 Å². The zero-order valence-electron chi connectivity index (χ0n) is 16.6. The minimum Gasteiger partial charge on any atom is -0.368 e. The van der Waals surface area contributed by atoms with Crippen molar-refractivity contribution in [1.82, 2.24) is 14.3 Å². The highest BCUT2D eigenvalue weighted by atomic mass is 32.1. The van der Waals surface area contributed by atoms with Gasteiger partial charge in [0.05, 0.1) is 16.8 Å². The summed E-state index contributed by atoms with van der Waals surface area (Å²) >= 11 is 1.49. The van der Waals surface area contributed by atoms with E-state index in [4.69, 9.17) is 0 Å². The molecule has 1 aliphatic heterocycles. The summed E-state index contributed by atoms with van der Waals surface area (Å²) in [5.41, 5.74) is 5.00. The van der Waals surface area contributed by atoms with Crippen molar-refractivity contribution in [2.24, 2.45) is 0 Å². The summed E-state index contributed by atoms with van der Waals surface area (Å²) in [4.78, 5) is 13.9. The van der Waals surface area contributed by atoms with E-state index in [-0.39, 0.29) is 0 Å². The molecule has 1 aromatic carbocycles. The summed E-state index contributed by atoms with van der Waals surface area (Å²) in [5.74, 6) is 0.916. The fraction of sp³-hybridized carbons (Fsp3) is 0.429. The van der Waals surface area contributed by atoms with Gasteiger partial charge in [-0.15, -0.1) is 0 Å². The van der Waals surface area contributed by atoms with Crippen molar-refractivity contribution >= 4 is 33.3 Å². The second-order valence-corrected chi connectivity index (χ2v) is 8.01. The zero-order chi connectivity index (χ0) is 19.7. The van der Waals surface area contributed by atoms with Crippen LogP contribution in [0.4, 0.5) is 10.8 Å². The molecule has 1 aliphatic rings. The predicted octanol–water partition coefficient (Wildman–Crippen LogP) is 3.85. The van der Waals surface area contributed by atoms with Gasteiger partial charge in [-0.2, -0.15) is 9.64 Å². The minimum atomic E-state index is 0.648. The van der Waals surface area contributed by atoms with Crippen LogP contribution in [0.25, 0.3) is 10.9 Å². The fourth-order valence-electron chi connectivity index (χ4n) is 3.92. The lowest BCUT2D eigenvalue weighted by molar-refractivity contribution is 0.802. The molecule has 144 valence electrons. The Morgan fingerprint density at radius 1 is 1.14 bits per heavy atom. The zero-order valence-corrected chi connectivity index (χ0v) is 17.4. The Bertz CT molecular complexity index is 1050. The van der Waals surface area contributed by atoms with Gasteiger partial charge >= 0.3 is 0 Å². The summed E-state index contributed by atoms with van der Waals surface area (Å²) < 4.78 is 4.43. The molecule has 1 fully saturated rings. The van der Waals surface area contributed by atoms with Gasteiger partial charge in [0.25, 0.3) is 0 Å². The summed E-state index contributed by atoms with van der Waals surface area (Å²) in [6.07, 6.45) is 3.60. The fourth-order valence-corrected chi connectivity index (χ4v) is 4.72. The normalized spacial score (nSPS) is 14.9. The monoisotopic (exact) mass is 392 g/mol. The second kappa shape index (κ2) is 7.72. The third kappa shape index (κ3) is 3.40. The molecular formula is C21H24N6S. The number of hydrogen-bond donors (Lipinski definition) is 0. The molecule has 0 atom stereocenters. The summed E-state index contributed by atoms with van der Waals surface area (Å²) in [6, 6.07) is 6.67. The predicted molar refractivity (Wildman–Crippen MR) is 114 cm³/mol. The number of pyridine rings is 1. The van der Waals surface area contributed by atoms with Crippen LogP contribution < -0.4 is 9.80 Å². The van der Waals surface area contributed by atoms with Gasteiger partial charge in [0, 0.05) is 55.7 Å². The van der Waals surface area contributed by atoms with Gasteiger partial charge in [0.1, 0.15) is 11.9 Å². The molecule has 28 heavy (non-hydrogen) atoms. The first-order valence-electron chi connectivity index (χ1n) is 9.73. The number of rotatable bonds is 3. The first-order chi connectivity index (χ1) is 13.6. The van der Waals surface area contributed by atoms with Gasteiger partial charge in [-0.1, -0.05) is 18.6 Å². The van der Waals surface area contributed by atoms with Crippen LogP contribution >= 0.6 is 11.5 Å². The third-order valence-electron chi connectivity index (χ3n) is 5.25.